The summed E-state index contributed by atoms with van der Waals surface area (Å²) in [4.78, 5) is 23.7. The maximum absolute atomic E-state index is 12.0. The van der Waals surface area contributed by atoms with Gasteiger partial charge >= 0.3 is 5.97 Å². The first-order valence-corrected chi connectivity index (χ1v) is 6.71. The number of amides is 1. The molecule has 0 radical (unpaired) electrons. The van der Waals surface area contributed by atoms with Gasteiger partial charge in [0.05, 0.1) is 0 Å². The van der Waals surface area contributed by atoms with Gasteiger partial charge in [-0.1, -0.05) is 30.3 Å². The van der Waals surface area contributed by atoms with Crippen LogP contribution < -0.4 is 5.73 Å². The number of esters is 1. The molecule has 19 heavy (non-hydrogen) atoms. The van der Waals surface area contributed by atoms with Crippen molar-refractivity contribution in [3.8, 4) is 0 Å². The SMILES string of the molecule is NC(=O)C1C(=O)OC2(CCCC2)C1c1ccccc1. The van der Waals surface area contributed by atoms with Crippen LogP contribution in [-0.4, -0.2) is 17.5 Å². The second kappa shape index (κ2) is 4.37. The number of carbonyl (C=O) groups excluding carboxylic acids is 2. The van der Waals surface area contributed by atoms with Gasteiger partial charge in [-0.05, 0) is 31.2 Å². The minimum absolute atomic E-state index is 0.235. The normalized spacial score (nSPS) is 28.5. The molecule has 2 atom stereocenters. The highest BCUT2D eigenvalue weighted by atomic mass is 16.6. The average molecular weight is 259 g/mol. The van der Waals surface area contributed by atoms with Crippen LogP contribution in [0.4, 0.5) is 0 Å². The number of carbonyl (C=O) groups is 2. The summed E-state index contributed by atoms with van der Waals surface area (Å²) in [6.45, 7) is 0. The lowest BCUT2D eigenvalue weighted by Gasteiger charge is -2.30. The van der Waals surface area contributed by atoms with Crippen molar-refractivity contribution in [2.75, 3.05) is 0 Å². The maximum Gasteiger partial charge on any atom is 0.319 e. The van der Waals surface area contributed by atoms with E-state index in [1.165, 1.54) is 0 Å². The molecule has 1 saturated heterocycles. The van der Waals surface area contributed by atoms with Crippen molar-refractivity contribution in [2.24, 2.45) is 11.7 Å². The molecule has 0 bridgehead atoms. The molecule has 2 N–H and O–H groups in total. The maximum atomic E-state index is 12.0. The number of nitrogens with two attached hydrogens (primary N) is 1. The van der Waals surface area contributed by atoms with Gasteiger partial charge in [-0.2, -0.15) is 0 Å². The molecule has 0 aromatic heterocycles. The molecule has 1 spiro atoms. The zero-order valence-corrected chi connectivity index (χ0v) is 10.7. The Kier molecular flexibility index (Phi) is 2.81. The molecule has 1 aliphatic carbocycles. The highest BCUT2D eigenvalue weighted by Gasteiger charge is 2.58. The Morgan fingerprint density at radius 3 is 2.42 bits per heavy atom. The number of benzene rings is 1. The molecule has 2 unspecified atom stereocenters. The minimum atomic E-state index is -0.847. The van der Waals surface area contributed by atoms with Crippen molar-refractivity contribution >= 4 is 11.9 Å². The summed E-state index contributed by atoms with van der Waals surface area (Å²) in [5.74, 6) is -2.12. The van der Waals surface area contributed by atoms with E-state index in [4.69, 9.17) is 10.5 Å². The molecule has 100 valence electrons. The zero-order chi connectivity index (χ0) is 13.5. The van der Waals surface area contributed by atoms with E-state index in [9.17, 15) is 9.59 Å². The first kappa shape index (κ1) is 12.2. The monoisotopic (exact) mass is 259 g/mol. The highest BCUT2D eigenvalue weighted by molar-refractivity contribution is 6.00. The molecule has 2 aliphatic rings. The Labute approximate surface area is 111 Å². The second-order valence-electron chi connectivity index (χ2n) is 5.46. The summed E-state index contributed by atoms with van der Waals surface area (Å²) in [5.41, 5.74) is 5.88. The minimum Gasteiger partial charge on any atom is -0.458 e. The van der Waals surface area contributed by atoms with Crippen LogP contribution in [0.25, 0.3) is 0 Å². The molecular formula is C15H17NO3. The molecule has 1 aromatic rings. The Morgan fingerprint density at radius 1 is 1.21 bits per heavy atom. The summed E-state index contributed by atoms with van der Waals surface area (Å²) in [5, 5.41) is 0. The van der Waals surface area contributed by atoms with Crippen LogP contribution in [0.1, 0.15) is 37.2 Å². The third-order valence-corrected chi connectivity index (χ3v) is 4.37. The summed E-state index contributed by atoms with van der Waals surface area (Å²) in [7, 11) is 0. The lowest BCUT2D eigenvalue weighted by Crippen LogP contribution is -2.36. The fourth-order valence-electron chi connectivity index (χ4n) is 3.59. The standard InChI is InChI=1S/C15H17NO3/c16-13(17)11-12(10-6-2-1-3-7-10)15(19-14(11)18)8-4-5-9-15/h1-3,6-7,11-12H,4-5,8-9H2,(H2,16,17). The molecule has 1 saturated carbocycles. The van der Waals surface area contributed by atoms with E-state index >= 15 is 0 Å². The van der Waals surface area contributed by atoms with Crippen LogP contribution >= 0.6 is 0 Å². The smallest absolute Gasteiger partial charge is 0.319 e. The largest absolute Gasteiger partial charge is 0.458 e. The van der Waals surface area contributed by atoms with Crippen molar-refractivity contribution in [3.63, 3.8) is 0 Å². The molecular weight excluding hydrogens is 242 g/mol. The van der Waals surface area contributed by atoms with E-state index < -0.39 is 23.4 Å². The van der Waals surface area contributed by atoms with E-state index in [1.807, 2.05) is 30.3 Å². The number of hydrogen-bond acceptors (Lipinski definition) is 3. The van der Waals surface area contributed by atoms with Crippen molar-refractivity contribution in [1.82, 2.24) is 0 Å². The highest BCUT2D eigenvalue weighted by Crippen LogP contribution is 2.52. The summed E-state index contributed by atoms with van der Waals surface area (Å²) >= 11 is 0. The van der Waals surface area contributed by atoms with Gasteiger partial charge in [0.2, 0.25) is 5.91 Å². The molecule has 3 rings (SSSR count). The average Bonchev–Trinajstić information content (AvgIpc) is 2.96. The first-order chi connectivity index (χ1) is 9.14. The van der Waals surface area contributed by atoms with Crippen LogP contribution in [0.15, 0.2) is 30.3 Å². The first-order valence-electron chi connectivity index (χ1n) is 6.71. The van der Waals surface area contributed by atoms with Gasteiger partial charge in [-0.15, -0.1) is 0 Å². The summed E-state index contributed by atoms with van der Waals surface area (Å²) < 4.78 is 5.61. The van der Waals surface area contributed by atoms with E-state index in [-0.39, 0.29) is 5.92 Å². The number of ether oxygens (including phenoxy) is 1. The second-order valence-corrected chi connectivity index (χ2v) is 5.46. The molecule has 1 heterocycles. The predicted molar refractivity (Wildman–Crippen MR) is 69.2 cm³/mol. The molecule has 2 fully saturated rings. The van der Waals surface area contributed by atoms with Crippen molar-refractivity contribution in [2.45, 2.75) is 37.2 Å². The summed E-state index contributed by atoms with van der Waals surface area (Å²) in [6.07, 6.45) is 3.70. The van der Waals surface area contributed by atoms with Crippen LogP contribution in [0, 0.1) is 5.92 Å². The van der Waals surface area contributed by atoms with Crippen LogP contribution in [-0.2, 0) is 14.3 Å². The third kappa shape index (κ3) is 1.82. The van der Waals surface area contributed by atoms with Gasteiger partial charge < -0.3 is 10.5 Å². The van der Waals surface area contributed by atoms with Crippen LogP contribution in [0.5, 0.6) is 0 Å². The fourth-order valence-corrected chi connectivity index (χ4v) is 3.59. The van der Waals surface area contributed by atoms with Crippen molar-refractivity contribution < 1.29 is 14.3 Å². The number of rotatable bonds is 2. The quantitative estimate of drug-likeness (QED) is 0.649. The van der Waals surface area contributed by atoms with E-state index in [0.717, 1.165) is 31.2 Å². The topological polar surface area (TPSA) is 69.4 Å². The van der Waals surface area contributed by atoms with Gasteiger partial charge in [-0.25, -0.2) is 0 Å². The Balaban J connectivity index is 2.08. The van der Waals surface area contributed by atoms with Gasteiger partial charge in [0.1, 0.15) is 11.5 Å². The zero-order valence-electron chi connectivity index (χ0n) is 10.7. The molecule has 4 heteroatoms. The molecule has 1 amide bonds. The lowest BCUT2D eigenvalue weighted by molar-refractivity contribution is -0.151. The van der Waals surface area contributed by atoms with E-state index in [1.54, 1.807) is 0 Å². The number of primary amides is 1. The molecule has 1 aliphatic heterocycles. The molecule has 4 nitrogen and oxygen atoms in total. The fraction of sp³-hybridized carbons (Fsp3) is 0.467. The van der Waals surface area contributed by atoms with E-state index in [0.29, 0.717) is 0 Å². The summed E-state index contributed by atoms with van der Waals surface area (Å²) in [6, 6.07) is 9.64. The Hall–Kier alpha value is -1.84. The Morgan fingerprint density at radius 2 is 1.84 bits per heavy atom. The van der Waals surface area contributed by atoms with Gasteiger partial charge in [0, 0.05) is 5.92 Å². The van der Waals surface area contributed by atoms with Crippen LogP contribution in [0.3, 0.4) is 0 Å². The lowest BCUT2D eigenvalue weighted by atomic mass is 9.75. The van der Waals surface area contributed by atoms with Crippen LogP contribution in [0.2, 0.25) is 0 Å². The van der Waals surface area contributed by atoms with Crippen molar-refractivity contribution in [3.05, 3.63) is 35.9 Å². The van der Waals surface area contributed by atoms with Crippen molar-refractivity contribution in [1.29, 1.82) is 0 Å². The third-order valence-electron chi connectivity index (χ3n) is 4.37. The Bertz CT molecular complexity index is 505. The van der Waals surface area contributed by atoms with E-state index in [2.05, 4.69) is 0 Å². The predicted octanol–water partition coefficient (Wildman–Crippen LogP) is 1.74. The van der Waals surface area contributed by atoms with Gasteiger partial charge in [0.15, 0.2) is 0 Å². The number of hydrogen-bond donors (Lipinski definition) is 1. The van der Waals surface area contributed by atoms with Gasteiger partial charge in [0.25, 0.3) is 0 Å². The van der Waals surface area contributed by atoms with Gasteiger partial charge in [-0.3, -0.25) is 9.59 Å². The molecule has 1 aromatic carbocycles.